The van der Waals surface area contributed by atoms with E-state index in [0.29, 0.717) is 0 Å². The van der Waals surface area contributed by atoms with Gasteiger partial charge in [0, 0.05) is 33.3 Å². The summed E-state index contributed by atoms with van der Waals surface area (Å²) >= 11 is 0. The molecule has 0 amide bonds. The van der Waals surface area contributed by atoms with Gasteiger partial charge in [0.15, 0.2) is 0 Å². The molecule has 0 heterocycles. The average molecular weight is 325 g/mol. The molecule has 0 spiro atoms. The Morgan fingerprint density at radius 3 is 1.10 bits per heavy atom. The van der Waals surface area contributed by atoms with Crippen LogP contribution >= 0.6 is 0 Å². The molecule has 0 aliphatic heterocycles. The SMILES string of the molecule is CC(=O)O.CC(=O)O.[Ba+2].[H-].[H-].[Zn]. The first-order valence-electron chi connectivity index (χ1n) is 1.86. The van der Waals surface area contributed by atoms with Gasteiger partial charge in [-0.1, -0.05) is 0 Å². The van der Waals surface area contributed by atoms with Crippen LogP contribution in [-0.4, -0.2) is 71.0 Å². The largest absolute Gasteiger partial charge is 2.00 e. The molecule has 0 atom stereocenters. The van der Waals surface area contributed by atoms with Crippen LogP contribution in [-0.2, 0) is 29.1 Å². The smallest absolute Gasteiger partial charge is 1.00 e. The summed E-state index contributed by atoms with van der Waals surface area (Å²) in [6.07, 6.45) is 0. The quantitative estimate of drug-likeness (QED) is 0.616. The number of carboxylic acids is 2. The minimum atomic E-state index is -0.833. The van der Waals surface area contributed by atoms with Crippen LogP contribution in [0.2, 0.25) is 0 Å². The minimum Gasteiger partial charge on any atom is -1.00 e. The normalized spacial score (nSPS) is 5.00. The first kappa shape index (κ1) is 22.5. The van der Waals surface area contributed by atoms with Gasteiger partial charge in [0.2, 0.25) is 0 Å². The standard InChI is InChI=1S/2C2H4O2.Ba.Zn.2H/c2*1-2(3)4;;;;/h2*1H3,(H,3,4);;;;/q;;+2;;2*-1. The molecule has 0 aromatic rings. The van der Waals surface area contributed by atoms with Crippen molar-refractivity contribution < 1.29 is 42.1 Å². The Balaban J connectivity index is -0.0000000112. The van der Waals surface area contributed by atoms with Crippen molar-refractivity contribution in [1.82, 2.24) is 0 Å². The average Bonchev–Trinajstić information content (AvgIpc) is 1.25. The van der Waals surface area contributed by atoms with Crippen LogP contribution in [0.1, 0.15) is 16.7 Å². The van der Waals surface area contributed by atoms with Crippen LogP contribution in [0.5, 0.6) is 0 Å². The van der Waals surface area contributed by atoms with E-state index in [2.05, 4.69) is 0 Å². The topological polar surface area (TPSA) is 74.6 Å². The van der Waals surface area contributed by atoms with E-state index in [9.17, 15) is 0 Å². The van der Waals surface area contributed by atoms with Gasteiger partial charge in [-0.15, -0.1) is 0 Å². The van der Waals surface area contributed by atoms with Crippen LogP contribution in [0.4, 0.5) is 0 Å². The van der Waals surface area contributed by atoms with Gasteiger partial charge in [-0.3, -0.25) is 9.59 Å². The molecule has 0 rings (SSSR count). The Morgan fingerprint density at radius 2 is 1.10 bits per heavy atom. The Kier molecular flexibility index (Phi) is 37.3. The van der Waals surface area contributed by atoms with Crippen LogP contribution in [0.3, 0.4) is 0 Å². The molecule has 0 bridgehead atoms. The van der Waals surface area contributed by atoms with Gasteiger partial charge in [0.1, 0.15) is 0 Å². The van der Waals surface area contributed by atoms with Crippen molar-refractivity contribution in [2.45, 2.75) is 13.8 Å². The van der Waals surface area contributed by atoms with Crippen molar-refractivity contribution in [1.29, 1.82) is 0 Å². The van der Waals surface area contributed by atoms with Crippen LogP contribution in [0, 0.1) is 0 Å². The fraction of sp³-hybridized carbons (Fsp3) is 0.500. The minimum absolute atomic E-state index is 0. The summed E-state index contributed by atoms with van der Waals surface area (Å²) in [5, 5.41) is 14.8. The van der Waals surface area contributed by atoms with E-state index in [1.165, 1.54) is 0 Å². The molecule has 0 unspecified atom stereocenters. The molecule has 2 N–H and O–H groups in total. The van der Waals surface area contributed by atoms with Gasteiger partial charge in [-0.05, 0) is 0 Å². The third-order valence-corrected chi connectivity index (χ3v) is 0. The summed E-state index contributed by atoms with van der Waals surface area (Å²) in [5.74, 6) is -1.67. The number of hydrogen-bond donors (Lipinski definition) is 2. The van der Waals surface area contributed by atoms with Crippen LogP contribution in [0.15, 0.2) is 0 Å². The van der Waals surface area contributed by atoms with Crippen molar-refractivity contribution in [3.63, 3.8) is 0 Å². The van der Waals surface area contributed by atoms with Crippen LogP contribution in [0.25, 0.3) is 0 Å². The Labute approximate surface area is 115 Å². The number of carbonyl (C=O) groups is 2. The zero-order valence-electron chi connectivity index (χ0n) is 8.13. The Morgan fingerprint density at radius 1 is 1.10 bits per heavy atom. The second-order valence-electron chi connectivity index (χ2n) is 1.04. The molecule has 4 nitrogen and oxygen atoms in total. The molecular formula is C4H10BaO4Zn. The van der Waals surface area contributed by atoms with Gasteiger partial charge in [-0.2, -0.15) is 0 Å². The molecular weight excluding hydrogens is 315 g/mol. The monoisotopic (exact) mass is 324 g/mol. The summed E-state index contributed by atoms with van der Waals surface area (Å²) in [7, 11) is 0. The molecule has 0 radical (unpaired) electrons. The number of rotatable bonds is 0. The van der Waals surface area contributed by atoms with Crippen molar-refractivity contribution in [3.05, 3.63) is 0 Å². The molecule has 0 saturated carbocycles. The molecule has 0 aliphatic carbocycles. The van der Waals surface area contributed by atoms with Gasteiger partial charge in [0.05, 0.1) is 0 Å². The molecule has 0 aromatic carbocycles. The predicted octanol–water partition coefficient (Wildman–Crippen LogP) is 0.0235. The Hall–Kier alpha value is 1.13. The number of aliphatic carboxylic acids is 2. The summed E-state index contributed by atoms with van der Waals surface area (Å²) in [6, 6.07) is 0. The molecule has 10 heavy (non-hydrogen) atoms. The zero-order valence-corrected chi connectivity index (χ0v) is 13.5. The van der Waals surface area contributed by atoms with E-state index in [4.69, 9.17) is 19.8 Å². The zero-order chi connectivity index (χ0) is 7.15. The number of carboxylic acid groups (broad SMARTS) is 2. The van der Waals surface area contributed by atoms with E-state index in [1.54, 1.807) is 0 Å². The van der Waals surface area contributed by atoms with Crippen molar-refractivity contribution in [2.24, 2.45) is 0 Å². The predicted molar refractivity (Wildman–Crippen MR) is 34.6 cm³/mol. The van der Waals surface area contributed by atoms with E-state index >= 15 is 0 Å². The summed E-state index contributed by atoms with van der Waals surface area (Å²) in [4.78, 5) is 18.0. The van der Waals surface area contributed by atoms with E-state index in [1.807, 2.05) is 0 Å². The third-order valence-electron chi connectivity index (χ3n) is 0. The fourth-order valence-corrected chi connectivity index (χ4v) is 0. The van der Waals surface area contributed by atoms with Gasteiger partial charge >= 0.3 is 48.9 Å². The maximum Gasteiger partial charge on any atom is 2.00 e. The van der Waals surface area contributed by atoms with Crippen LogP contribution < -0.4 is 0 Å². The summed E-state index contributed by atoms with van der Waals surface area (Å²) in [6.45, 7) is 2.17. The second-order valence-corrected chi connectivity index (χ2v) is 1.04. The molecule has 0 saturated heterocycles. The Bertz CT molecular complexity index is 83.1. The maximum atomic E-state index is 9.00. The van der Waals surface area contributed by atoms with E-state index in [-0.39, 0.29) is 71.2 Å². The molecule has 0 aliphatic rings. The molecule has 0 aromatic heterocycles. The molecule has 54 valence electrons. The van der Waals surface area contributed by atoms with Gasteiger partial charge in [-0.25, -0.2) is 0 Å². The van der Waals surface area contributed by atoms with Crippen molar-refractivity contribution in [2.75, 3.05) is 0 Å². The molecule has 6 heteroatoms. The summed E-state index contributed by atoms with van der Waals surface area (Å²) < 4.78 is 0. The van der Waals surface area contributed by atoms with E-state index in [0.717, 1.165) is 13.8 Å². The van der Waals surface area contributed by atoms with E-state index < -0.39 is 11.9 Å². The van der Waals surface area contributed by atoms with Crippen molar-refractivity contribution in [3.8, 4) is 0 Å². The first-order valence-corrected chi connectivity index (χ1v) is 1.86. The third kappa shape index (κ3) is 469. The van der Waals surface area contributed by atoms with Gasteiger partial charge in [0.25, 0.3) is 11.9 Å². The maximum absolute atomic E-state index is 9.00. The van der Waals surface area contributed by atoms with Crippen molar-refractivity contribution >= 4 is 60.8 Å². The van der Waals surface area contributed by atoms with Gasteiger partial charge < -0.3 is 13.1 Å². The number of hydrogen-bond acceptors (Lipinski definition) is 2. The first-order chi connectivity index (χ1) is 3.46. The molecule has 0 fully saturated rings. The second kappa shape index (κ2) is 16.6. The summed E-state index contributed by atoms with van der Waals surface area (Å²) in [5.41, 5.74) is 0. The fourth-order valence-electron chi connectivity index (χ4n) is 0.